The Bertz CT molecular complexity index is 840. The van der Waals surface area contributed by atoms with E-state index in [-0.39, 0.29) is 0 Å². The number of hydrogen-bond donors (Lipinski definition) is 0. The molecule has 250 valence electrons. The van der Waals surface area contributed by atoms with Gasteiger partial charge in [0.1, 0.15) is 19.2 Å². The molecule has 0 aromatic carbocycles. The number of methoxy groups -OCH3 is 3. The lowest BCUT2D eigenvalue weighted by molar-refractivity contribution is -0.0980. The van der Waals surface area contributed by atoms with Crippen molar-refractivity contribution >= 4 is 12.7 Å². The first-order valence-corrected chi connectivity index (χ1v) is 15.9. The molecule has 0 atom stereocenters. The number of nitrogens with zero attached hydrogens (tertiary/aromatic N) is 5. The number of hydrogen-bond acceptors (Lipinski definition) is 9. The third-order valence-corrected chi connectivity index (χ3v) is 7.40. The Hall–Kier alpha value is -2.33. The summed E-state index contributed by atoms with van der Waals surface area (Å²) in [5, 5.41) is 0. The van der Waals surface area contributed by atoms with Gasteiger partial charge in [-0.3, -0.25) is 4.90 Å². The van der Waals surface area contributed by atoms with Crippen molar-refractivity contribution in [2.45, 2.75) is 86.1 Å². The van der Waals surface area contributed by atoms with Crippen LogP contribution < -0.4 is 4.90 Å². The van der Waals surface area contributed by atoms with Crippen LogP contribution in [0.2, 0.25) is 0 Å². The smallest absolute Gasteiger partial charge is 0.225 e. The fraction of sp³-hybridized carbons (Fsp3) is 0.735. The first-order chi connectivity index (χ1) is 20.8. The number of carbonyl (C=O) groups is 1. The molecule has 0 unspecified atom stereocenters. The van der Waals surface area contributed by atoms with Crippen molar-refractivity contribution < 1.29 is 19.0 Å². The number of allylic oxidation sites excluding steroid dienone is 1. The van der Waals surface area contributed by atoms with Gasteiger partial charge in [0, 0.05) is 64.9 Å². The highest BCUT2D eigenvalue weighted by atomic mass is 16.5. The van der Waals surface area contributed by atoms with E-state index in [0.717, 1.165) is 70.0 Å². The number of likely N-dealkylation sites (N-methyl/N-ethyl adjacent to an activating group) is 1. The summed E-state index contributed by atoms with van der Waals surface area (Å²) in [6, 6.07) is 0.859. The monoisotopic (exact) mass is 608 g/mol. The number of carbonyl (C=O) groups excluding carboxylic acids is 1. The second kappa shape index (κ2) is 28.4. The van der Waals surface area contributed by atoms with Crippen LogP contribution in [0.15, 0.2) is 30.2 Å². The van der Waals surface area contributed by atoms with E-state index in [1.807, 2.05) is 26.8 Å². The van der Waals surface area contributed by atoms with E-state index >= 15 is 0 Å². The maximum atomic E-state index is 8.00. The molecule has 2 heterocycles. The maximum absolute atomic E-state index is 8.00. The average Bonchev–Trinajstić information content (AvgIpc) is 3.01. The third-order valence-electron chi connectivity index (χ3n) is 7.40. The van der Waals surface area contributed by atoms with Crippen molar-refractivity contribution in [1.82, 2.24) is 19.8 Å². The molecule has 3 rings (SSSR count). The Kier molecular flexibility index (Phi) is 28.3. The predicted molar refractivity (Wildman–Crippen MR) is 182 cm³/mol. The summed E-state index contributed by atoms with van der Waals surface area (Å²) >= 11 is 0. The van der Waals surface area contributed by atoms with E-state index in [1.165, 1.54) is 43.2 Å². The molecule has 0 spiro atoms. The summed E-state index contributed by atoms with van der Waals surface area (Å²) in [4.78, 5) is 24.8. The molecule has 1 aromatic rings. The molecule has 9 nitrogen and oxygen atoms in total. The fourth-order valence-electron chi connectivity index (χ4n) is 4.33. The van der Waals surface area contributed by atoms with E-state index in [9.17, 15) is 0 Å². The van der Waals surface area contributed by atoms with Crippen molar-refractivity contribution in [1.29, 1.82) is 0 Å². The fourth-order valence-corrected chi connectivity index (χ4v) is 4.33. The second-order valence-electron chi connectivity index (χ2n) is 10.5. The summed E-state index contributed by atoms with van der Waals surface area (Å²) in [7, 11) is 7.05. The normalized spacial score (nSPS) is 14.9. The second-order valence-corrected chi connectivity index (χ2v) is 10.5. The standard InChI is InChI=1S/C18H31N5.C8H16O.C5H10O2.C2H6.CH2O/c1-4-21(3)9-8-16-14-19-18(20-15(16)2)23-12-10-22(11-13-23)17-6-5-7-17;1-4-5-8(2)6-7-9-3;1-5(7-3)4-6-2;2*1-2/h14,17H,4-13H2,1-3H3;6H,4-5,7H2,1-3H3;1,4H2,2-3H3;1-2H3;1H2/b;8-6+;;;. The van der Waals surface area contributed by atoms with Crippen LogP contribution in [0.1, 0.15) is 78.0 Å². The topological polar surface area (TPSA) is 80.3 Å². The van der Waals surface area contributed by atoms with Crippen molar-refractivity contribution in [2.24, 2.45) is 0 Å². The van der Waals surface area contributed by atoms with Crippen LogP contribution >= 0.6 is 0 Å². The van der Waals surface area contributed by atoms with Crippen LogP contribution in [0.25, 0.3) is 0 Å². The first kappa shape index (κ1) is 42.8. The highest BCUT2D eigenvalue weighted by Gasteiger charge is 2.28. The first-order valence-electron chi connectivity index (χ1n) is 15.9. The highest BCUT2D eigenvalue weighted by molar-refractivity contribution is 5.34. The van der Waals surface area contributed by atoms with Gasteiger partial charge in [-0.05, 0) is 58.7 Å². The Labute approximate surface area is 264 Å². The van der Waals surface area contributed by atoms with E-state index < -0.39 is 0 Å². The number of ether oxygens (including phenoxy) is 3. The largest absolute Gasteiger partial charge is 0.499 e. The molecule has 1 aromatic heterocycles. The number of rotatable bonds is 13. The molecule has 0 N–H and O–H groups in total. The van der Waals surface area contributed by atoms with Gasteiger partial charge in [-0.1, -0.05) is 58.8 Å². The lowest BCUT2D eigenvalue weighted by Gasteiger charge is -2.42. The number of anilines is 1. The molecule has 0 amide bonds. The van der Waals surface area contributed by atoms with Crippen LogP contribution in [-0.2, 0) is 25.4 Å². The van der Waals surface area contributed by atoms with Gasteiger partial charge in [0.25, 0.3) is 0 Å². The molecular formula is C34H65N5O4. The zero-order valence-electron chi connectivity index (χ0n) is 29.4. The van der Waals surface area contributed by atoms with Crippen LogP contribution in [-0.4, -0.2) is 113 Å². The molecule has 2 fully saturated rings. The van der Waals surface area contributed by atoms with Gasteiger partial charge in [-0.25, -0.2) is 9.97 Å². The summed E-state index contributed by atoms with van der Waals surface area (Å²) in [5.41, 5.74) is 3.85. The van der Waals surface area contributed by atoms with Gasteiger partial charge in [0.15, 0.2) is 0 Å². The summed E-state index contributed by atoms with van der Waals surface area (Å²) in [6.45, 7) is 26.0. The molecule has 1 saturated heterocycles. The van der Waals surface area contributed by atoms with Crippen LogP contribution in [0.5, 0.6) is 0 Å². The number of piperazine rings is 1. The zero-order chi connectivity index (χ0) is 33.0. The SMILES string of the molecule is C=C(COC)OC.C=O.CC.CCC/C(C)=C/COC.CCN(C)CCc1cnc(N2CCN(C3CCC3)CC2)nc1C. The molecule has 9 heteroatoms. The Morgan fingerprint density at radius 1 is 1.09 bits per heavy atom. The summed E-state index contributed by atoms with van der Waals surface area (Å²) in [6.07, 6.45) is 11.8. The molecule has 43 heavy (non-hydrogen) atoms. The van der Waals surface area contributed by atoms with Crippen molar-refractivity contribution in [3.8, 4) is 0 Å². The van der Waals surface area contributed by atoms with Gasteiger partial charge in [-0.15, -0.1) is 0 Å². The Morgan fingerprint density at radius 2 is 1.72 bits per heavy atom. The minimum Gasteiger partial charge on any atom is -0.499 e. The van der Waals surface area contributed by atoms with E-state index in [4.69, 9.17) is 14.5 Å². The predicted octanol–water partition coefficient (Wildman–Crippen LogP) is 5.97. The minimum atomic E-state index is 0.483. The highest BCUT2D eigenvalue weighted by Crippen LogP contribution is 2.26. The van der Waals surface area contributed by atoms with Gasteiger partial charge in [0.2, 0.25) is 5.95 Å². The molecule has 1 aliphatic carbocycles. The van der Waals surface area contributed by atoms with Gasteiger partial charge in [-0.2, -0.15) is 0 Å². The molecule has 1 saturated carbocycles. The Balaban J connectivity index is 0. The quantitative estimate of drug-likeness (QED) is 0.199. The molecule has 2 aliphatic rings. The number of aromatic nitrogens is 2. The third kappa shape index (κ3) is 19.5. The van der Waals surface area contributed by atoms with Crippen LogP contribution in [0.4, 0.5) is 5.95 Å². The summed E-state index contributed by atoms with van der Waals surface area (Å²) < 4.78 is 14.2. The lowest BCUT2D eigenvalue weighted by Crippen LogP contribution is -2.52. The van der Waals surface area contributed by atoms with E-state index in [0.29, 0.717) is 12.4 Å². The van der Waals surface area contributed by atoms with Gasteiger partial charge >= 0.3 is 0 Å². The Morgan fingerprint density at radius 3 is 2.14 bits per heavy atom. The number of aryl methyl sites for hydroxylation is 1. The van der Waals surface area contributed by atoms with Crippen LogP contribution in [0, 0.1) is 6.92 Å². The van der Waals surface area contributed by atoms with Crippen molar-refractivity contribution in [2.75, 3.05) is 85.8 Å². The van der Waals surface area contributed by atoms with Crippen LogP contribution in [0.3, 0.4) is 0 Å². The molecule has 1 aliphatic heterocycles. The van der Waals surface area contributed by atoms with Crippen molar-refractivity contribution in [3.05, 3.63) is 41.4 Å². The van der Waals surface area contributed by atoms with E-state index in [1.54, 1.807) is 21.3 Å². The minimum absolute atomic E-state index is 0.483. The van der Waals surface area contributed by atoms with Gasteiger partial charge in [0.05, 0.1) is 13.7 Å². The zero-order valence-corrected chi connectivity index (χ0v) is 29.4. The van der Waals surface area contributed by atoms with Crippen molar-refractivity contribution in [3.63, 3.8) is 0 Å². The lowest BCUT2D eigenvalue weighted by atomic mass is 9.91. The molecule has 0 radical (unpaired) electrons. The van der Waals surface area contributed by atoms with E-state index in [2.05, 4.69) is 76.6 Å². The maximum Gasteiger partial charge on any atom is 0.225 e. The molecule has 0 bridgehead atoms. The summed E-state index contributed by atoms with van der Waals surface area (Å²) in [5.74, 6) is 1.57. The average molecular weight is 608 g/mol. The van der Waals surface area contributed by atoms with Gasteiger partial charge < -0.3 is 28.8 Å². The molecular weight excluding hydrogens is 542 g/mol.